The van der Waals surface area contributed by atoms with Crippen molar-refractivity contribution in [3.05, 3.63) is 34.9 Å². The highest BCUT2D eigenvalue weighted by atomic mass is 35.5. The third kappa shape index (κ3) is 3.35. The molecule has 0 saturated carbocycles. The van der Waals surface area contributed by atoms with E-state index in [2.05, 4.69) is 0 Å². The Hall–Kier alpha value is -1.99. The van der Waals surface area contributed by atoms with Crippen LogP contribution in [0.5, 0.6) is 0 Å². The van der Waals surface area contributed by atoms with Gasteiger partial charge in [0.15, 0.2) is 5.54 Å². The minimum Gasteiger partial charge on any atom is -0.479 e. The summed E-state index contributed by atoms with van der Waals surface area (Å²) < 4.78 is 0. The number of benzene rings is 1. The summed E-state index contributed by atoms with van der Waals surface area (Å²) in [6.07, 6.45) is -1.23. The first-order valence-corrected chi connectivity index (χ1v) is 7.53. The van der Waals surface area contributed by atoms with E-state index in [1.807, 2.05) is 0 Å². The maximum atomic E-state index is 12.1. The molecule has 1 aliphatic rings. The topological polar surface area (TPSA) is 98.2 Å². The summed E-state index contributed by atoms with van der Waals surface area (Å²) in [4.78, 5) is 36.8. The molecule has 1 aliphatic heterocycles. The van der Waals surface area contributed by atoms with Gasteiger partial charge in [0.05, 0.1) is 13.1 Å². The van der Waals surface area contributed by atoms with Crippen molar-refractivity contribution in [2.75, 3.05) is 19.0 Å². The number of amides is 2. The van der Waals surface area contributed by atoms with Gasteiger partial charge in [-0.25, -0.2) is 9.59 Å². The summed E-state index contributed by atoms with van der Waals surface area (Å²) >= 11 is 11.4. The lowest BCUT2D eigenvalue weighted by atomic mass is 9.87. The van der Waals surface area contributed by atoms with Crippen LogP contribution in [0.25, 0.3) is 0 Å². The van der Waals surface area contributed by atoms with Gasteiger partial charge in [0, 0.05) is 11.6 Å². The number of likely N-dealkylation sites (tertiary alicyclic amines) is 1. The Morgan fingerprint density at radius 1 is 1.17 bits per heavy atom. The molecule has 0 radical (unpaired) electrons. The number of aliphatic carboxylic acids is 1. The second-order valence-corrected chi connectivity index (χ2v) is 5.92. The van der Waals surface area contributed by atoms with Crippen molar-refractivity contribution in [3.8, 4) is 0 Å². The quantitative estimate of drug-likeness (QED) is 0.779. The van der Waals surface area contributed by atoms with Gasteiger partial charge >= 0.3 is 12.1 Å². The van der Waals surface area contributed by atoms with Crippen LogP contribution >= 0.6 is 23.2 Å². The van der Waals surface area contributed by atoms with Gasteiger partial charge in [-0.15, -0.1) is 11.6 Å². The average molecular weight is 361 g/mol. The average Bonchev–Trinajstić information content (AvgIpc) is 2.45. The molecule has 1 aromatic carbocycles. The predicted octanol–water partition coefficient (Wildman–Crippen LogP) is 1.72. The highest BCUT2D eigenvalue weighted by Gasteiger charge is 2.57. The van der Waals surface area contributed by atoms with Gasteiger partial charge in [-0.1, -0.05) is 23.7 Å². The Morgan fingerprint density at radius 3 is 2.17 bits per heavy atom. The van der Waals surface area contributed by atoms with Crippen LogP contribution in [0, 0.1) is 0 Å². The molecule has 1 saturated heterocycles. The molecular formula is C14H14Cl2N2O5. The second-order valence-electron chi connectivity index (χ2n) is 5.22. The minimum atomic E-state index is -1.61. The predicted molar refractivity (Wildman–Crippen MR) is 82.7 cm³/mol. The van der Waals surface area contributed by atoms with Crippen LogP contribution < -0.4 is 0 Å². The number of carboxylic acid groups (broad SMARTS) is 2. The van der Waals surface area contributed by atoms with Crippen LogP contribution in [0.1, 0.15) is 5.56 Å². The third-order valence-corrected chi connectivity index (χ3v) is 4.24. The number of halogens is 2. The molecule has 9 heteroatoms. The molecule has 2 amide bonds. The Bertz CT molecular complexity index is 629. The Morgan fingerprint density at radius 2 is 1.74 bits per heavy atom. The first-order chi connectivity index (χ1) is 10.8. The number of carbonyl (C=O) groups is 3. The Labute approximate surface area is 142 Å². The first kappa shape index (κ1) is 17.4. The molecule has 1 heterocycles. The summed E-state index contributed by atoms with van der Waals surface area (Å²) in [5.41, 5.74) is -0.938. The molecule has 124 valence electrons. The van der Waals surface area contributed by atoms with E-state index in [4.69, 9.17) is 28.3 Å². The SMILES string of the molecule is O=C(O)N1CC(C(=O)O)(N(Cc2ccc(Cl)cc2)C(=O)CCl)C1. The van der Waals surface area contributed by atoms with E-state index in [1.54, 1.807) is 24.3 Å². The first-order valence-electron chi connectivity index (χ1n) is 6.62. The van der Waals surface area contributed by atoms with Crippen molar-refractivity contribution in [1.29, 1.82) is 0 Å². The van der Waals surface area contributed by atoms with E-state index in [0.29, 0.717) is 10.6 Å². The van der Waals surface area contributed by atoms with E-state index in [0.717, 1.165) is 9.80 Å². The number of nitrogens with zero attached hydrogens (tertiary/aromatic N) is 2. The lowest BCUT2D eigenvalue weighted by Crippen LogP contribution is -2.75. The number of hydrogen-bond acceptors (Lipinski definition) is 3. The van der Waals surface area contributed by atoms with Crippen molar-refractivity contribution in [2.45, 2.75) is 12.1 Å². The standard InChI is InChI=1S/C14H14Cl2N2O5/c15-5-11(19)18(6-9-1-3-10(16)4-2-9)14(12(20)21)7-17(8-14)13(22)23/h1-4H,5-8H2,(H,20,21)(H,22,23). The fourth-order valence-corrected chi connectivity index (χ4v) is 2.73. The molecule has 1 aromatic rings. The highest BCUT2D eigenvalue weighted by molar-refractivity contribution is 6.30. The van der Waals surface area contributed by atoms with Crippen LogP contribution in [-0.4, -0.2) is 62.5 Å². The number of hydrogen-bond donors (Lipinski definition) is 2. The molecule has 0 bridgehead atoms. The van der Waals surface area contributed by atoms with Gasteiger partial charge in [-0.2, -0.15) is 0 Å². The summed E-state index contributed by atoms with van der Waals surface area (Å²) in [6, 6.07) is 6.58. The van der Waals surface area contributed by atoms with Gasteiger partial charge in [0.2, 0.25) is 5.91 Å². The van der Waals surface area contributed by atoms with Crippen molar-refractivity contribution < 1.29 is 24.6 Å². The number of alkyl halides is 1. The van der Waals surface area contributed by atoms with E-state index >= 15 is 0 Å². The zero-order valence-electron chi connectivity index (χ0n) is 11.9. The van der Waals surface area contributed by atoms with E-state index in [1.165, 1.54) is 0 Å². The summed E-state index contributed by atoms with van der Waals surface area (Å²) in [5.74, 6) is -2.23. The van der Waals surface area contributed by atoms with Crippen molar-refractivity contribution in [2.24, 2.45) is 0 Å². The monoisotopic (exact) mass is 360 g/mol. The van der Waals surface area contributed by atoms with E-state index in [9.17, 15) is 19.5 Å². The van der Waals surface area contributed by atoms with Crippen LogP contribution in [0.4, 0.5) is 4.79 Å². The molecule has 2 N–H and O–H groups in total. The molecule has 0 aromatic heterocycles. The number of rotatable bonds is 5. The Kier molecular flexibility index (Phi) is 5.01. The second kappa shape index (κ2) is 6.64. The fourth-order valence-electron chi connectivity index (χ4n) is 2.46. The lowest BCUT2D eigenvalue weighted by molar-refractivity contribution is -0.170. The fraction of sp³-hybridized carbons (Fsp3) is 0.357. The van der Waals surface area contributed by atoms with Crippen LogP contribution in [0.2, 0.25) is 5.02 Å². The smallest absolute Gasteiger partial charge is 0.407 e. The normalized spacial score (nSPS) is 15.7. The van der Waals surface area contributed by atoms with E-state index < -0.39 is 29.4 Å². The molecule has 23 heavy (non-hydrogen) atoms. The van der Waals surface area contributed by atoms with Gasteiger partial charge in [0.1, 0.15) is 5.88 Å². The third-order valence-electron chi connectivity index (χ3n) is 3.76. The molecule has 0 atom stereocenters. The summed E-state index contributed by atoms with van der Waals surface area (Å²) in [6.45, 7) is -0.593. The lowest BCUT2D eigenvalue weighted by Gasteiger charge is -2.51. The molecule has 0 aliphatic carbocycles. The maximum absolute atomic E-state index is 12.1. The van der Waals surface area contributed by atoms with Crippen LogP contribution in [0.15, 0.2) is 24.3 Å². The van der Waals surface area contributed by atoms with Crippen LogP contribution in [-0.2, 0) is 16.1 Å². The maximum Gasteiger partial charge on any atom is 0.407 e. The zero-order chi connectivity index (χ0) is 17.2. The van der Waals surface area contributed by atoms with Crippen LogP contribution in [0.3, 0.4) is 0 Å². The molecular weight excluding hydrogens is 347 g/mol. The Balaban J connectivity index is 2.29. The highest BCUT2D eigenvalue weighted by Crippen LogP contribution is 2.31. The molecule has 2 rings (SSSR count). The minimum absolute atomic E-state index is 0.00246. The molecule has 0 spiro atoms. The number of carbonyl (C=O) groups excluding carboxylic acids is 1. The van der Waals surface area contributed by atoms with Gasteiger partial charge in [0.25, 0.3) is 0 Å². The van der Waals surface area contributed by atoms with Crippen molar-refractivity contribution in [3.63, 3.8) is 0 Å². The van der Waals surface area contributed by atoms with Crippen molar-refractivity contribution >= 4 is 41.2 Å². The largest absolute Gasteiger partial charge is 0.479 e. The van der Waals surface area contributed by atoms with Gasteiger partial charge in [-0.3, -0.25) is 4.79 Å². The molecule has 0 unspecified atom stereocenters. The van der Waals surface area contributed by atoms with Gasteiger partial charge in [-0.05, 0) is 17.7 Å². The number of carboxylic acids is 1. The molecule has 1 fully saturated rings. The van der Waals surface area contributed by atoms with Crippen molar-refractivity contribution in [1.82, 2.24) is 9.80 Å². The molecule has 7 nitrogen and oxygen atoms in total. The van der Waals surface area contributed by atoms with E-state index in [-0.39, 0.29) is 19.6 Å². The summed E-state index contributed by atoms with van der Waals surface area (Å²) in [7, 11) is 0. The zero-order valence-corrected chi connectivity index (χ0v) is 13.4. The van der Waals surface area contributed by atoms with Gasteiger partial charge < -0.3 is 20.0 Å². The summed E-state index contributed by atoms with van der Waals surface area (Å²) in [5, 5.41) is 19.0.